The summed E-state index contributed by atoms with van der Waals surface area (Å²) in [5.41, 5.74) is 0. The average Bonchev–Trinajstić information content (AvgIpc) is 2.66. The summed E-state index contributed by atoms with van der Waals surface area (Å²) < 4.78 is -0.501. The number of nitrogens with zero attached hydrogens (tertiary/aromatic N) is 1. The van der Waals surface area contributed by atoms with Crippen molar-refractivity contribution in [1.29, 1.82) is 0 Å². The molecule has 0 aliphatic carbocycles. The predicted octanol–water partition coefficient (Wildman–Crippen LogP) is 3.76. The van der Waals surface area contributed by atoms with Gasteiger partial charge >= 0.3 is 11.9 Å². The lowest BCUT2D eigenvalue weighted by Crippen LogP contribution is -2.59. The first kappa shape index (κ1) is 29.1. The summed E-state index contributed by atoms with van der Waals surface area (Å²) in [5, 5.41) is 29.2. The Bertz CT molecular complexity index is 491. The Morgan fingerprint density at radius 1 is 0.677 bits per heavy atom. The van der Waals surface area contributed by atoms with E-state index in [-0.39, 0.29) is 6.54 Å². The summed E-state index contributed by atoms with van der Waals surface area (Å²) in [4.78, 5) is 33.3. The average molecular weight is 442 g/mol. The van der Waals surface area contributed by atoms with E-state index in [0.29, 0.717) is 6.42 Å². The van der Waals surface area contributed by atoms with Gasteiger partial charge in [0.2, 0.25) is 0 Å². The van der Waals surface area contributed by atoms with Crippen molar-refractivity contribution in [2.24, 2.45) is 0 Å². The Morgan fingerprint density at radius 2 is 1.10 bits per heavy atom. The monoisotopic (exact) mass is 441 g/mol. The van der Waals surface area contributed by atoms with E-state index in [1.807, 2.05) is 0 Å². The third kappa shape index (κ3) is 18.6. The van der Waals surface area contributed by atoms with Gasteiger partial charge in [-0.2, -0.15) is 0 Å². The van der Waals surface area contributed by atoms with Gasteiger partial charge in [0, 0.05) is 0 Å². The van der Waals surface area contributed by atoms with E-state index >= 15 is 0 Å². The zero-order chi connectivity index (χ0) is 23.4. The number of allylic oxidation sites excluding steroid dienone is 2. The van der Waals surface area contributed by atoms with Crippen molar-refractivity contribution < 1.29 is 34.2 Å². The number of carboxylic acids is 3. The van der Waals surface area contributed by atoms with Crippen LogP contribution in [0.25, 0.3) is 0 Å². The second kappa shape index (κ2) is 18.8. The molecule has 0 aromatic heterocycles. The van der Waals surface area contributed by atoms with Crippen LogP contribution in [0, 0.1) is 0 Å². The van der Waals surface area contributed by atoms with Crippen molar-refractivity contribution in [2.45, 2.75) is 96.8 Å². The summed E-state index contributed by atoms with van der Waals surface area (Å²) in [6.07, 6.45) is 20.5. The maximum atomic E-state index is 11.1. The molecule has 0 amide bonds. The highest BCUT2D eigenvalue weighted by Crippen LogP contribution is 2.14. The molecule has 180 valence electrons. The van der Waals surface area contributed by atoms with Crippen LogP contribution in [-0.2, 0) is 14.4 Å². The minimum absolute atomic E-state index is 0.220. The van der Waals surface area contributed by atoms with Crippen molar-refractivity contribution in [3.05, 3.63) is 12.2 Å². The third-order valence-corrected chi connectivity index (χ3v) is 5.55. The quantitative estimate of drug-likeness (QED) is 0.150. The highest BCUT2D eigenvalue weighted by Gasteiger charge is 2.33. The van der Waals surface area contributed by atoms with Crippen LogP contribution in [0.4, 0.5) is 0 Å². The summed E-state index contributed by atoms with van der Waals surface area (Å²) in [6, 6.07) is 0. The number of rotatable bonds is 22. The van der Waals surface area contributed by atoms with E-state index in [1.54, 1.807) is 0 Å². The van der Waals surface area contributed by atoms with Crippen LogP contribution in [0.15, 0.2) is 12.2 Å². The molecule has 0 fully saturated rings. The van der Waals surface area contributed by atoms with Gasteiger partial charge in [-0.05, 0) is 38.5 Å². The van der Waals surface area contributed by atoms with Crippen LogP contribution in [0.1, 0.15) is 96.8 Å². The van der Waals surface area contributed by atoms with E-state index in [0.717, 1.165) is 32.1 Å². The largest absolute Gasteiger partial charge is 0.544 e. The standard InChI is InChI=1S/C24H43NO6/c1-2-3-4-5-6-7-8-9-10-11-12-13-14-15-16-17-18-25(19-22(26)27,20-23(28)29)21-24(30)31/h7-8H,2-6,9-21H2,1H3,(H2-,26,27,28,29,30,31)/b8-7+. The van der Waals surface area contributed by atoms with Crippen molar-refractivity contribution >= 4 is 17.9 Å². The maximum Gasteiger partial charge on any atom is 0.359 e. The first-order valence-electron chi connectivity index (χ1n) is 11.9. The lowest BCUT2D eigenvalue weighted by Gasteiger charge is -2.36. The number of hydrogen-bond acceptors (Lipinski definition) is 4. The van der Waals surface area contributed by atoms with E-state index in [2.05, 4.69) is 19.1 Å². The van der Waals surface area contributed by atoms with E-state index in [9.17, 15) is 19.5 Å². The van der Waals surface area contributed by atoms with E-state index < -0.39 is 42.0 Å². The molecule has 0 aromatic carbocycles. The molecule has 0 saturated heterocycles. The number of unbranched alkanes of at least 4 members (excludes halogenated alkanes) is 12. The molecular weight excluding hydrogens is 398 g/mol. The fourth-order valence-electron chi connectivity index (χ4n) is 3.95. The molecule has 2 N–H and O–H groups in total. The molecule has 7 nitrogen and oxygen atoms in total. The van der Waals surface area contributed by atoms with Crippen molar-refractivity contribution in [3.63, 3.8) is 0 Å². The van der Waals surface area contributed by atoms with Crippen LogP contribution >= 0.6 is 0 Å². The summed E-state index contributed by atoms with van der Waals surface area (Å²) in [7, 11) is 0. The number of carbonyl (C=O) groups is 3. The fraction of sp³-hybridized carbons (Fsp3) is 0.792. The highest BCUT2D eigenvalue weighted by atomic mass is 16.4. The molecule has 0 spiro atoms. The Kier molecular flexibility index (Phi) is 17.7. The Balaban J connectivity index is 3.90. The molecule has 0 atom stereocenters. The zero-order valence-corrected chi connectivity index (χ0v) is 19.4. The highest BCUT2D eigenvalue weighted by molar-refractivity contribution is 5.72. The number of carboxylic acid groups (broad SMARTS) is 3. The fourth-order valence-corrected chi connectivity index (χ4v) is 3.95. The zero-order valence-electron chi connectivity index (χ0n) is 19.4. The van der Waals surface area contributed by atoms with Crippen LogP contribution < -0.4 is 5.11 Å². The second-order valence-electron chi connectivity index (χ2n) is 8.64. The topological polar surface area (TPSA) is 115 Å². The summed E-state index contributed by atoms with van der Waals surface area (Å²) in [6.45, 7) is 0.814. The summed E-state index contributed by atoms with van der Waals surface area (Å²) in [5.74, 6) is -3.82. The Morgan fingerprint density at radius 3 is 1.52 bits per heavy atom. The number of quaternary nitrogens is 1. The number of aliphatic carboxylic acids is 3. The van der Waals surface area contributed by atoms with Gasteiger partial charge in [0.25, 0.3) is 0 Å². The van der Waals surface area contributed by atoms with Crippen LogP contribution in [-0.4, -0.2) is 58.8 Å². The molecule has 0 saturated carbocycles. The van der Waals surface area contributed by atoms with Gasteiger partial charge < -0.3 is 24.6 Å². The second-order valence-corrected chi connectivity index (χ2v) is 8.64. The van der Waals surface area contributed by atoms with Crippen LogP contribution in [0.5, 0.6) is 0 Å². The van der Waals surface area contributed by atoms with Gasteiger partial charge in [-0.3, -0.25) is 0 Å². The molecule has 0 aliphatic rings. The molecule has 7 heteroatoms. The van der Waals surface area contributed by atoms with E-state index in [4.69, 9.17) is 10.2 Å². The lowest BCUT2D eigenvalue weighted by molar-refractivity contribution is -0.909. The van der Waals surface area contributed by atoms with Gasteiger partial charge in [0.05, 0.1) is 12.5 Å². The SMILES string of the molecule is CCCCCC/C=C/CCCCCCCCCC[N+](CC(=O)[O-])(CC(=O)O)CC(=O)O. The summed E-state index contributed by atoms with van der Waals surface area (Å²) >= 11 is 0. The van der Waals surface area contributed by atoms with Crippen molar-refractivity contribution in [2.75, 3.05) is 26.2 Å². The van der Waals surface area contributed by atoms with Crippen molar-refractivity contribution in [3.8, 4) is 0 Å². The minimum Gasteiger partial charge on any atom is -0.544 e. The van der Waals surface area contributed by atoms with Crippen LogP contribution in [0.2, 0.25) is 0 Å². The van der Waals surface area contributed by atoms with Gasteiger partial charge in [-0.15, -0.1) is 0 Å². The molecule has 0 heterocycles. The Labute approximate surface area is 187 Å². The van der Waals surface area contributed by atoms with Crippen molar-refractivity contribution in [1.82, 2.24) is 0 Å². The van der Waals surface area contributed by atoms with Gasteiger partial charge in [-0.1, -0.05) is 70.4 Å². The normalized spacial score (nSPS) is 11.8. The van der Waals surface area contributed by atoms with Gasteiger partial charge in [0.15, 0.2) is 13.1 Å². The molecule has 0 aromatic rings. The lowest BCUT2D eigenvalue weighted by atomic mass is 10.1. The molecule has 0 rings (SSSR count). The van der Waals surface area contributed by atoms with Gasteiger partial charge in [0.1, 0.15) is 6.54 Å². The smallest absolute Gasteiger partial charge is 0.359 e. The first-order valence-corrected chi connectivity index (χ1v) is 11.9. The van der Waals surface area contributed by atoms with Gasteiger partial charge in [-0.25, -0.2) is 9.59 Å². The molecule has 0 aliphatic heterocycles. The maximum absolute atomic E-state index is 11.1. The Hall–Kier alpha value is -1.89. The molecular formula is C24H43NO6. The predicted molar refractivity (Wildman–Crippen MR) is 119 cm³/mol. The minimum atomic E-state index is -1.42. The molecule has 0 radical (unpaired) electrons. The number of carbonyl (C=O) groups excluding carboxylic acids is 1. The molecule has 31 heavy (non-hydrogen) atoms. The van der Waals surface area contributed by atoms with E-state index in [1.165, 1.54) is 51.4 Å². The first-order chi connectivity index (χ1) is 14.8. The molecule has 0 unspecified atom stereocenters. The van der Waals surface area contributed by atoms with Crippen LogP contribution in [0.3, 0.4) is 0 Å². The molecule has 0 bridgehead atoms. The third-order valence-electron chi connectivity index (χ3n) is 5.55. The number of hydrogen-bond donors (Lipinski definition) is 2.